The Bertz CT molecular complexity index is 490. The van der Waals surface area contributed by atoms with Crippen LogP contribution in [0.3, 0.4) is 0 Å². The molecule has 21 heavy (non-hydrogen) atoms. The maximum Gasteiger partial charge on any atom is 0.434 e. The van der Waals surface area contributed by atoms with Crippen molar-refractivity contribution in [2.75, 3.05) is 19.6 Å². The summed E-state index contributed by atoms with van der Waals surface area (Å²) < 4.78 is 37.2. The van der Waals surface area contributed by atoms with E-state index in [4.69, 9.17) is 5.73 Å². The van der Waals surface area contributed by atoms with Gasteiger partial charge in [0.05, 0.1) is 5.01 Å². The Morgan fingerprint density at radius 1 is 1.48 bits per heavy atom. The molecule has 0 saturated carbocycles. The van der Waals surface area contributed by atoms with E-state index in [0.717, 1.165) is 42.6 Å². The standard InChI is InChI=1S/C13H19F3N4S/c1-9-3-6-20(7-4-9)12(17)18-5-2-11-19-10(8-21-11)13(14,15)16/h8-9H,2-7H2,1H3,(H2,17,18). The van der Waals surface area contributed by atoms with E-state index < -0.39 is 11.9 Å². The lowest BCUT2D eigenvalue weighted by Crippen LogP contribution is -2.42. The van der Waals surface area contributed by atoms with Gasteiger partial charge < -0.3 is 10.6 Å². The Labute approximate surface area is 125 Å². The Morgan fingerprint density at radius 2 is 2.14 bits per heavy atom. The Balaban J connectivity index is 1.83. The van der Waals surface area contributed by atoms with E-state index in [2.05, 4.69) is 16.9 Å². The van der Waals surface area contributed by atoms with E-state index in [1.54, 1.807) is 0 Å². The van der Waals surface area contributed by atoms with Crippen LogP contribution in [0.15, 0.2) is 10.4 Å². The summed E-state index contributed by atoms with van der Waals surface area (Å²) in [6.07, 6.45) is -1.80. The van der Waals surface area contributed by atoms with Gasteiger partial charge in [0, 0.05) is 31.4 Å². The second-order valence-electron chi connectivity index (χ2n) is 5.28. The molecule has 1 aromatic heterocycles. The number of nitrogens with two attached hydrogens (primary N) is 1. The molecule has 2 rings (SSSR count). The van der Waals surface area contributed by atoms with Crippen LogP contribution >= 0.6 is 11.3 Å². The highest BCUT2D eigenvalue weighted by atomic mass is 32.1. The quantitative estimate of drug-likeness (QED) is 0.688. The predicted octanol–water partition coefficient (Wildman–Crippen LogP) is 2.75. The van der Waals surface area contributed by atoms with Crippen molar-refractivity contribution in [3.63, 3.8) is 0 Å². The SMILES string of the molecule is CC1CCN(C(N)=NCCc2nc(C(F)(F)F)cs2)CC1. The fraction of sp³-hybridized carbons (Fsp3) is 0.692. The molecule has 1 aliphatic rings. The number of nitrogens with zero attached hydrogens (tertiary/aromatic N) is 3. The van der Waals surface area contributed by atoms with Crippen LogP contribution in [0, 0.1) is 5.92 Å². The highest BCUT2D eigenvalue weighted by Crippen LogP contribution is 2.30. The van der Waals surface area contributed by atoms with Crippen molar-refractivity contribution in [1.82, 2.24) is 9.88 Å². The molecule has 0 amide bonds. The van der Waals surface area contributed by atoms with Crippen molar-refractivity contribution in [2.45, 2.75) is 32.4 Å². The van der Waals surface area contributed by atoms with Crippen LogP contribution in [0.1, 0.15) is 30.5 Å². The number of guanidine groups is 1. The van der Waals surface area contributed by atoms with E-state index in [1.807, 2.05) is 4.90 Å². The predicted molar refractivity (Wildman–Crippen MR) is 77.3 cm³/mol. The van der Waals surface area contributed by atoms with Crippen LogP contribution in [0.5, 0.6) is 0 Å². The summed E-state index contributed by atoms with van der Waals surface area (Å²) in [6, 6.07) is 0. The first kappa shape index (κ1) is 16.1. The number of aliphatic imine (C=N–C) groups is 1. The van der Waals surface area contributed by atoms with E-state index in [0.29, 0.717) is 29.9 Å². The zero-order chi connectivity index (χ0) is 15.5. The summed E-state index contributed by atoms with van der Waals surface area (Å²) in [7, 11) is 0. The van der Waals surface area contributed by atoms with Gasteiger partial charge in [-0.05, 0) is 18.8 Å². The topological polar surface area (TPSA) is 54.5 Å². The highest BCUT2D eigenvalue weighted by Gasteiger charge is 2.33. The molecule has 0 spiro atoms. The Morgan fingerprint density at radius 3 is 2.71 bits per heavy atom. The largest absolute Gasteiger partial charge is 0.434 e. The van der Waals surface area contributed by atoms with Gasteiger partial charge in [-0.15, -0.1) is 11.3 Å². The normalized spacial score (nSPS) is 18.3. The maximum absolute atomic E-state index is 12.4. The second-order valence-corrected chi connectivity index (χ2v) is 6.23. The summed E-state index contributed by atoms with van der Waals surface area (Å²) in [5.74, 6) is 1.19. The molecule has 1 aromatic rings. The van der Waals surface area contributed by atoms with Gasteiger partial charge in [0.1, 0.15) is 0 Å². The highest BCUT2D eigenvalue weighted by molar-refractivity contribution is 7.09. The van der Waals surface area contributed by atoms with Gasteiger partial charge >= 0.3 is 6.18 Å². The zero-order valence-corrected chi connectivity index (χ0v) is 12.7. The molecular formula is C13H19F3N4S. The molecule has 0 aromatic carbocycles. The summed E-state index contributed by atoms with van der Waals surface area (Å²) >= 11 is 1.01. The van der Waals surface area contributed by atoms with Crippen molar-refractivity contribution < 1.29 is 13.2 Å². The van der Waals surface area contributed by atoms with Crippen molar-refractivity contribution in [3.05, 3.63) is 16.1 Å². The van der Waals surface area contributed by atoms with Gasteiger partial charge in [0.2, 0.25) is 0 Å². The van der Waals surface area contributed by atoms with Crippen molar-refractivity contribution in [1.29, 1.82) is 0 Å². The number of halogens is 3. The minimum atomic E-state index is -4.37. The van der Waals surface area contributed by atoms with Gasteiger partial charge in [-0.1, -0.05) is 6.92 Å². The molecule has 1 aliphatic heterocycles. The molecule has 0 atom stereocenters. The summed E-state index contributed by atoms with van der Waals surface area (Å²) in [6.45, 7) is 4.37. The second kappa shape index (κ2) is 6.64. The third kappa shape index (κ3) is 4.59. The van der Waals surface area contributed by atoms with Crippen LogP contribution in [0.2, 0.25) is 0 Å². The van der Waals surface area contributed by atoms with E-state index >= 15 is 0 Å². The van der Waals surface area contributed by atoms with Crippen LogP contribution in [0.25, 0.3) is 0 Å². The summed E-state index contributed by atoms with van der Waals surface area (Å²) in [5, 5.41) is 1.47. The number of thiazole rings is 1. The van der Waals surface area contributed by atoms with Crippen molar-refractivity contribution in [2.24, 2.45) is 16.6 Å². The summed E-state index contributed by atoms with van der Waals surface area (Å²) in [5.41, 5.74) is 5.08. The lowest BCUT2D eigenvalue weighted by Gasteiger charge is -2.31. The lowest BCUT2D eigenvalue weighted by molar-refractivity contribution is -0.140. The van der Waals surface area contributed by atoms with Gasteiger partial charge in [0.25, 0.3) is 0 Å². The van der Waals surface area contributed by atoms with Crippen LogP contribution in [-0.2, 0) is 12.6 Å². The fourth-order valence-corrected chi connectivity index (χ4v) is 2.95. The molecular weight excluding hydrogens is 301 g/mol. The first-order valence-electron chi connectivity index (χ1n) is 6.92. The smallest absolute Gasteiger partial charge is 0.370 e. The first-order valence-corrected chi connectivity index (χ1v) is 7.80. The molecule has 0 unspecified atom stereocenters. The Hall–Kier alpha value is -1.31. The molecule has 4 nitrogen and oxygen atoms in total. The molecule has 2 heterocycles. The number of aromatic nitrogens is 1. The number of hydrogen-bond acceptors (Lipinski definition) is 3. The fourth-order valence-electron chi connectivity index (χ4n) is 2.16. The van der Waals surface area contributed by atoms with Crippen LogP contribution < -0.4 is 5.73 Å². The molecule has 2 N–H and O–H groups in total. The van der Waals surface area contributed by atoms with Crippen molar-refractivity contribution in [3.8, 4) is 0 Å². The minimum Gasteiger partial charge on any atom is -0.370 e. The third-order valence-electron chi connectivity index (χ3n) is 3.55. The number of hydrogen-bond donors (Lipinski definition) is 1. The molecule has 0 bridgehead atoms. The number of alkyl halides is 3. The summed E-state index contributed by atoms with van der Waals surface area (Å²) in [4.78, 5) is 9.85. The monoisotopic (exact) mass is 320 g/mol. The van der Waals surface area contributed by atoms with Gasteiger partial charge in [0.15, 0.2) is 11.7 Å². The minimum absolute atomic E-state index is 0.364. The maximum atomic E-state index is 12.4. The molecule has 118 valence electrons. The number of piperidine rings is 1. The molecule has 1 fully saturated rings. The molecule has 1 saturated heterocycles. The van der Waals surface area contributed by atoms with Crippen LogP contribution in [-0.4, -0.2) is 35.5 Å². The van der Waals surface area contributed by atoms with E-state index in [1.165, 1.54) is 0 Å². The number of likely N-dealkylation sites (tertiary alicyclic amines) is 1. The first-order chi connectivity index (χ1) is 9.86. The van der Waals surface area contributed by atoms with Gasteiger partial charge in [-0.3, -0.25) is 4.99 Å². The molecule has 0 radical (unpaired) electrons. The zero-order valence-electron chi connectivity index (χ0n) is 11.9. The van der Waals surface area contributed by atoms with Gasteiger partial charge in [-0.2, -0.15) is 13.2 Å². The molecule has 0 aliphatic carbocycles. The van der Waals surface area contributed by atoms with Crippen LogP contribution in [0.4, 0.5) is 13.2 Å². The Kier molecular flexibility index (Phi) is 5.08. The lowest BCUT2D eigenvalue weighted by atomic mass is 10.00. The average Bonchev–Trinajstić information content (AvgIpc) is 2.88. The van der Waals surface area contributed by atoms with Gasteiger partial charge in [-0.25, -0.2) is 4.98 Å². The molecule has 8 heteroatoms. The number of rotatable bonds is 3. The van der Waals surface area contributed by atoms with E-state index in [-0.39, 0.29) is 0 Å². The average molecular weight is 320 g/mol. The van der Waals surface area contributed by atoms with E-state index in [9.17, 15) is 13.2 Å². The third-order valence-corrected chi connectivity index (χ3v) is 4.46. The van der Waals surface area contributed by atoms with Crippen molar-refractivity contribution >= 4 is 17.3 Å².